The summed E-state index contributed by atoms with van der Waals surface area (Å²) in [5.41, 5.74) is 1.05. The highest BCUT2D eigenvalue weighted by atomic mass is 16.5. The maximum absolute atomic E-state index is 11.9. The number of imide groups is 1. The number of nitrogens with zero attached hydrogens (tertiary/aromatic N) is 1. The summed E-state index contributed by atoms with van der Waals surface area (Å²) in [5, 5.41) is 2.95. The van der Waals surface area contributed by atoms with Crippen LogP contribution in [-0.2, 0) is 9.59 Å². The number of likely N-dealkylation sites (N-methyl/N-ethyl adjacent to an activating group) is 1. The van der Waals surface area contributed by atoms with Crippen LogP contribution in [0.2, 0.25) is 0 Å². The van der Waals surface area contributed by atoms with Crippen molar-refractivity contribution >= 4 is 17.5 Å². The standard InChI is InChI=1S/C14H16N2O3/c1-3-16-13(17)9-12(14(16)18)15-10-5-7-11(8-6-10)19-4-2/h5-9,15H,3-4H2,1-2H3. The van der Waals surface area contributed by atoms with Gasteiger partial charge >= 0.3 is 0 Å². The van der Waals surface area contributed by atoms with Gasteiger partial charge in [-0.2, -0.15) is 0 Å². The molecular weight excluding hydrogens is 244 g/mol. The predicted molar refractivity (Wildman–Crippen MR) is 71.7 cm³/mol. The van der Waals surface area contributed by atoms with Crippen molar-refractivity contribution in [2.45, 2.75) is 13.8 Å². The van der Waals surface area contributed by atoms with E-state index in [-0.39, 0.29) is 11.8 Å². The first-order chi connectivity index (χ1) is 9.15. The Labute approximate surface area is 111 Å². The molecule has 0 unspecified atom stereocenters. The third kappa shape index (κ3) is 2.76. The Morgan fingerprint density at radius 3 is 2.37 bits per heavy atom. The summed E-state index contributed by atoms with van der Waals surface area (Å²) in [5.74, 6) is 0.202. The molecule has 0 radical (unpaired) electrons. The molecule has 2 rings (SSSR count). The van der Waals surface area contributed by atoms with Gasteiger partial charge in [0.25, 0.3) is 11.8 Å². The topological polar surface area (TPSA) is 58.6 Å². The molecular formula is C14H16N2O3. The molecule has 2 amide bonds. The summed E-state index contributed by atoms with van der Waals surface area (Å²) < 4.78 is 5.33. The van der Waals surface area contributed by atoms with E-state index in [0.29, 0.717) is 18.8 Å². The van der Waals surface area contributed by atoms with Crippen molar-refractivity contribution in [3.63, 3.8) is 0 Å². The van der Waals surface area contributed by atoms with Gasteiger partial charge in [-0.15, -0.1) is 0 Å². The fourth-order valence-electron chi connectivity index (χ4n) is 1.85. The lowest BCUT2D eigenvalue weighted by Gasteiger charge is -2.12. The minimum absolute atomic E-state index is 0.277. The van der Waals surface area contributed by atoms with Gasteiger partial charge in [0.2, 0.25) is 0 Å². The van der Waals surface area contributed by atoms with E-state index in [1.54, 1.807) is 19.1 Å². The monoisotopic (exact) mass is 260 g/mol. The first-order valence-corrected chi connectivity index (χ1v) is 6.23. The molecule has 1 aromatic rings. The third-order valence-corrected chi connectivity index (χ3v) is 2.77. The molecule has 0 atom stereocenters. The molecule has 0 saturated carbocycles. The molecule has 1 aliphatic rings. The Bertz CT molecular complexity index is 520. The van der Waals surface area contributed by atoms with E-state index >= 15 is 0 Å². The minimum Gasteiger partial charge on any atom is -0.494 e. The highest BCUT2D eigenvalue weighted by molar-refractivity contribution is 6.17. The summed E-state index contributed by atoms with van der Waals surface area (Å²) in [6.45, 7) is 4.67. The Morgan fingerprint density at radius 1 is 1.16 bits per heavy atom. The zero-order valence-corrected chi connectivity index (χ0v) is 11.0. The van der Waals surface area contributed by atoms with Crippen LogP contribution in [0.1, 0.15) is 13.8 Å². The molecule has 19 heavy (non-hydrogen) atoms. The summed E-state index contributed by atoms with van der Waals surface area (Å²) in [7, 11) is 0. The van der Waals surface area contributed by atoms with Crippen LogP contribution in [0.4, 0.5) is 5.69 Å². The van der Waals surface area contributed by atoms with E-state index in [9.17, 15) is 9.59 Å². The van der Waals surface area contributed by atoms with Gasteiger partial charge in [-0.3, -0.25) is 14.5 Å². The molecule has 0 bridgehead atoms. The van der Waals surface area contributed by atoms with E-state index in [4.69, 9.17) is 4.74 Å². The van der Waals surface area contributed by atoms with Crippen LogP contribution in [0.5, 0.6) is 5.75 Å². The molecule has 0 fully saturated rings. The van der Waals surface area contributed by atoms with Crippen molar-refractivity contribution in [2.24, 2.45) is 0 Å². The fraction of sp³-hybridized carbons (Fsp3) is 0.286. The number of nitrogens with one attached hydrogen (secondary N) is 1. The maximum Gasteiger partial charge on any atom is 0.277 e. The number of benzene rings is 1. The number of carbonyl (C=O) groups excluding carboxylic acids is 2. The van der Waals surface area contributed by atoms with Crippen LogP contribution >= 0.6 is 0 Å². The molecule has 100 valence electrons. The van der Waals surface area contributed by atoms with Crippen LogP contribution < -0.4 is 10.1 Å². The van der Waals surface area contributed by atoms with Gasteiger partial charge < -0.3 is 10.1 Å². The Kier molecular flexibility index (Phi) is 3.85. The average molecular weight is 260 g/mol. The molecule has 1 aromatic carbocycles. The van der Waals surface area contributed by atoms with Crippen molar-refractivity contribution in [1.82, 2.24) is 4.90 Å². The normalized spacial score (nSPS) is 14.6. The second kappa shape index (κ2) is 5.56. The van der Waals surface area contributed by atoms with Crippen LogP contribution in [0.15, 0.2) is 36.0 Å². The van der Waals surface area contributed by atoms with E-state index in [2.05, 4.69) is 5.32 Å². The lowest BCUT2D eigenvalue weighted by molar-refractivity contribution is -0.136. The van der Waals surface area contributed by atoms with E-state index in [1.807, 2.05) is 19.1 Å². The van der Waals surface area contributed by atoms with Gasteiger partial charge in [0.15, 0.2) is 0 Å². The first kappa shape index (κ1) is 13.1. The molecule has 0 saturated heterocycles. The molecule has 5 nitrogen and oxygen atoms in total. The van der Waals surface area contributed by atoms with Crippen LogP contribution in [-0.4, -0.2) is 29.9 Å². The van der Waals surface area contributed by atoms with Gasteiger partial charge in [0.05, 0.1) is 6.61 Å². The van der Waals surface area contributed by atoms with Crippen LogP contribution in [0.25, 0.3) is 0 Å². The Morgan fingerprint density at radius 2 is 1.84 bits per heavy atom. The van der Waals surface area contributed by atoms with Gasteiger partial charge in [-0.25, -0.2) is 0 Å². The summed E-state index contributed by atoms with van der Waals surface area (Å²) in [6.07, 6.45) is 1.32. The molecule has 5 heteroatoms. The summed E-state index contributed by atoms with van der Waals surface area (Å²) in [6, 6.07) is 7.23. The Hall–Kier alpha value is -2.30. The van der Waals surface area contributed by atoms with Crippen LogP contribution in [0.3, 0.4) is 0 Å². The SMILES string of the molecule is CCOc1ccc(NC2=CC(=O)N(CC)C2=O)cc1. The molecule has 0 spiro atoms. The Balaban J connectivity index is 2.08. The fourth-order valence-corrected chi connectivity index (χ4v) is 1.85. The minimum atomic E-state index is -0.290. The number of amides is 2. The molecule has 0 aromatic heterocycles. The van der Waals surface area contributed by atoms with Gasteiger partial charge in [-0.05, 0) is 38.1 Å². The third-order valence-electron chi connectivity index (χ3n) is 2.77. The molecule has 1 aliphatic heterocycles. The lowest BCUT2D eigenvalue weighted by atomic mass is 10.3. The lowest BCUT2D eigenvalue weighted by Crippen LogP contribution is -2.31. The highest BCUT2D eigenvalue weighted by Gasteiger charge is 2.29. The largest absolute Gasteiger partial charge is 0.494 e. The van der Waals surface area contributed by atoms with E-state index < -0.39 is 0 Å². The highest BCUT2D eigenvalue weighted by Crippen LogP contribution is 2.19. The van der Waals surface area contributed by atoms with Crippen molar-refractivity contribution in [3.05, 3.63) is 36.0 Å². The molecule has 1 heterocycles. The van der Waals surface area contributed by atoms with Crippen molar-refractivity contribution in [2.75, 3.05) is 18.5 Å². The van der Waals surface area contributed by atoms with Crippen molar-refractivity contribution in [1.29, 1.82) is 0 Å². The zero-order valence-electron chi connectivity index (χ0n) is 11.0. The van der Waals surface area contributed by atoms with Crippen molar-refractivity contribution in [3.8, 4) is 5.75 Å². The van der Waals surface area contributed by atoms with Crippen LogP contribution in [0, 0.1) is 0 Å². The molecule has 0 aliphatic carbocycles. The summed E-state index contributed by atoms with van der Waals surface area (Å²) >= 11 is 0. The second-order valence-electron chi connectivity index (χ2n) is 4.03. The predicted octanol–water partition coefficient (Wildman–Crippen LogP) is 1.77. The van der Waals surface area contributed by atoms with E-state index in [1.165, 1.54) is 11.0 Å². The zero-order chi connectivity index (χ0) is 13.8. The van der Waals surface area contributed by atoms with Gasteiger partial charge in [0.1, 0.15) is 11.4 Å². The van der Waals surface area contributed by atoms with Crippen molar-refractivity contribution < 1.29 is 14.3 Å². The van der Waals surface area contributed by atoms with E-state index in [0.717, 1.165) is 11.4 Å². The first-order valence-electron chi connectivity index (χ1n) is 6.23. The number of carbonyl (C=O) groups is 2. The summed E-state index contributed by atoms with van der Waals surface area (Å²) in [4.78, 5) is 24.6. The number of anilines is 1. The molecule has 1 N–H and O–H groups in total. The second-order valence-corrected chi connectivity index (χ2v) is 4.03. The average Bonchev–Trinajstić information content (AvgIpc) is 2.67. The maximum atomic E-state index is 11.9. The smallest absolute Gasteiger partial charge is 0.277 e. The number of ether oxygens (including phenoxy) is 1. The van der Waals surface area contributed by atoms with Gasteiger partial charge in [0, 0.05) is 18.3 Å². The quantitative estimate of drug-likeness (QED) is 0.820. The van der Waals surface area contributed by atoms with Gasteiger partial charge in [-0.1, -0.05) is 0 Å². The number of hydrogen-bond acceptors (Lipinski definition) is 4. The number of rotatable bonds is 5. The number of hydrogen-bond donors (Lipinski definition) is 1.